The number of aliphatic hydroxyl groups excluding tert-OH is 2. The maximum atomic E-state index is 15.4. The quantitative estimate of drug-likeness (QED) is 0.253. The second-order valence-electron chi connectivity index (χ2n) is 6.26. The summed E-state index contributed by atoms with van der Waals surface area (Å²) in [6, 6.07) is 0.907. The van der Waals surface area contributed by atoms with Gasteiger partial charge < -0.3 is 24.7 Å². The monoisotopic (exact) mass is 378 g/mol. The Kier molecular flexibility index (Phi) is 4.76. The fourth-order valence-corrected chi connectivity index (χ4v) is 3.43. The fourth-order valence-electron chi connectivity index (χ4n) is 2.71. The maximum Gasteiger partial charge on any atom is 0.468 e. The van der Waals surface area contributed by atoms with Gasteiger partial charge in [-0.05, 0) is 0 Å². The van der Waals surface area contributed by atoms with Crippen LogP contribution in [0.2, 0.25) is 0 Å². The number of nitrogens with one attached hydrogen (secondary N) is 1. The normalized spacial score (nSPS) is 33.5. The predicted octanol–water partition coefficient (Wildman–Crippen LogP) is -5.77. The number of aliphatic hydroxyl groups is 2. The highest BCUT2D eigenvalue weighted by Gasteiger charge is 2.68. The second-order valence-corrected chi connectivity index (χ2v) is 7.43. The zero-order chi connectivity index (χ0) is 19.4. The van der Waals surface area contributed by atoms with Crippen LogP contribution in [0.3, 0.4) is 0 Å². The third-order valence-corrected chi connectivity index (χ3v) is 4.75. The molecule has 1 aromatic rings. The first-order valence-corrected chi connectivity index (χ1v) is 8.51. The van der Waals surface area contributed by atoms with Gasteiger partial charge in [-0.25, -0.2) is 13.8 Å². The van der Waals surface area contributed by atoms with Crippen molar-refractivity contribution in [3.05, 3.63) is 33.1 Å². The number of ether oxygens (including phenoxy) is 1. The summed E-state index contributed by atoms with van der Waals surface area (Å²) in [5.41, 5.74) is -4.01. The van der Waals surface area contributed by atoms with Crippen molar-refractivity contribution in [1.29, 1.82) is 0 Å². The number of rotatable bonds is 4. The van der Waals surface area contributed by atoms with Crippen molar-refractivity contribution in [3.8, 4) is 0 Å². The van der Waals surface area contributed by atoms with E-state index in [4.69, 9.17) is 14.5 Å². The molecule has 0 aliphatic carbocycles. The molecule has 4 atom stereocenters. The van der Waals surface area contributed by atoms with Gasteiger partial charge in [0.05, 0.1) is 5.40 Å². The van der Waals surface area contributed by atoms with Crippen molar-refractivity contribution in [2.24, 2.45) is 0 Å². The van der Waals surface area contributed by atoms with Crippen LogP contribution in [-0.2, 0) is 19.4 Å². The average molecular weight is 378 g/mol. The number of phosphoric ester groups is 1. The first-order chi connectivity index (χ1) is 11.1. The van der Waals surface area contributed by atoms with E-state index in [1.54, 1.807) is 0 Å². The van der Waals surface area contributed by atoms with Crippen molar-refractivity contribution in [1.82, 2.24) is 9.55 Å². The van der Waals surface area contributed by atoms with Crippen LogP contribution in [-0.4, -0.2) is 76.6 Å². The molecule has 2 rings (SSSR count). The highest BCUT2D eigenvalue weighted by atomic mass is 31.2. The molecule has 11 nitrogen and oxygen atoms in total. The summed E-state index contributed by atoms with van der Waals surface area (Å²) in [7, 11) is -2.35. The number of halogens is 1. The predicted molar refractivity (Wildman–Crippen MR) is 87.7 cm³/mol. The van der Waals surface area contributed by atoms with Crippen molar-refractivity contribution in [2.45, 2.75) is 29.1 Å². The van der Waals surface area contributed by atoms with Gasteiger partial charge in [0.1, 0.15) is 33.5 Å². The molecule has 2 heterocycles. The van der Waals surface area contributed by atoms with E-state index in [1.165, 1.54) is 0 Å². The van der Waals surface area contributed by atoms with E-state index < -0.39 is 48.2 Å². The summed E-state index contributed by atoms with van der Waals surface area (Å²) >= 11 is 0. The first kappa shape index (κ1) is 20.1. The Morgan fingerprint density at radius 2 is 1.92 bits per heavy atom. The minimum atomic E-state index is -5.19. The lowest BCUT2D eigenvalue weighted by Crippen LogP contribution is -2.60. The van der Waals surface area contributed by atoms with Gasteiger partial charge in [0.25, 0.3) is 11.4 Å². The lowest BCUT2D eigenvalue weighted by molar-refractivity contribution is -0.240. The van der Waals surface area contributed by atoms with E-state index in [9.17, 15) is 24.4 Å². The summed E-state index contributed by atoms with van der Waals surface area (Å²) in [4.78, 5) is 42.8. The summed E-state index contributed by atoms with van der Waals surface area (Å²) in [5.74, 6) is -3.31. The molecule has 1 aliphatic rings. The van der Waals surface area contributed by atoms with Gasteiger partial charge in [0.15, 0.2) is 7.85 Å². The number of aromatic amines is 1. The summed E-state index contributed by atoms with van der Waals surface area (Å²) < 4.78 is 36.5. The average Bonchev–Trinajstić information content (AvgIpc) is 2.59. The Labute approximate surface area is 142 Å². The number of H-pyrrole nitrogens is 1. The Bertz CT molecular complexity index is 842. The standard InChI is InChI=1S/C9H15B3FN2O9P/c10-8(15-2-1-3(16)14-6(15)19)5(18)4(17)7(13,23-8)9(11,12)24-25(20,21)22/h1-2,4-5,17-18H,10-12H2,(H,14,16,19)(H2,20,21,22)/t4-,5+,7-,8-/m0/s1. The number of phosphoric acid groups is 1. The molecule has 0 amide bonds. The second kappa shape index (κ2) is 5.91. The zero-order valence-corrected chi connectivity index (χ0v) is 14.3. The molecule has 1 saturated heterocycles. The largest absolute Gasteiger partial charge is 0.468 e. The number of hydrogen-bond acceptors (Lipinski definition) is 7. The molecular formula is C9H15B3FN2O9P. The van der Waals surface area contributed by atoms with Gasteiger partial charge in [-0.2, -0.15) is 0 Å². The van der Waals surface area contributed by atoms with E-state index in [0.29, 0.717) is 4.57 Å². The van der Waals surface area contributed by atoms with Crippen LogP contribution in [0.5, 0.6) is 0 Å². The lowest BCUT2D eigenvalue weighted by atomic mass is 9.59. The molecule has 0 saturated carbocycles. The molecule has 25 heavy (non-hydrogen) atoms. The highest BCUT2D eigenvalue weighted by molar-refractivity contribution is 7.46. The molecular weight excluding hydrogens is 363 g/mol. The number of aromatic nitrogens is 2. The topological polar surface area (TPSA) is 171 Å². The van der Waals surface area contributed by atoms with Gasteiger partial charge >= 0.3 is 13.5 Å². The highest BCUT2D eigenvalue weighted by Crippen LogP contribution is 2.50. The van der Waals surface area contributed by atoms with Gasteiger partial charge in [0.2, 0.25) is 0 Å². The molecule has 5 N–H and O–H groups in total. The third kappa shape index (κ3) is 3.28. The van der Waals surface area contributed by atoms with Crippen LogP contribution in [0.4, 0.5) is 4.39 Å². The Morgan fingerprint density at radius 1 is 1.36 bits per heavy atom. The number of hydrogen-bond donors (Lipinski definition) is 5. The summed E-state index contributed by atoms with van der Waals surface area (Å²) in [6.07, 6.45) is -3.46. The van der Waals surface area contributed by atoms with Crippen LogP contribution in [0, 0.1) is 0 Å². The lowest BCUT2D eigenvalue weighted by Gasteiger charge is -2.39. The van der Waals surface area contributed by atoms with Gasteiger partial charge in [0, 0.05) is 12.3 Å². The molecule has 1 aliphatic heterocycles. The van der Waals surface area contributed by atoms with Crippen LogP contribution >= 0.6 is 7.82 Å². The van der Waals surface area contributed by atoms with Gasteiger partial charge in [-0.3, -0.25) is 18.9 Å². The van der Waals surface area contributed by atoms with E-state index in [1.807, 2.05) is 4.98 Å². The van der Waals surface area contributed by atoms with Gasteiger partial charge in [-0.1, -0.05) is 0 Å². The van der Waals surface area contributed by atoms with Crippen LogP contribution in [0.25, 0.3) is 0 Å². The minimum Gasteiger partial charge on any atom is -0.386 e. The zero-order valence-electron chi connectivity index (χ0n) is 13.4. The molecule has 0 bridgehead atoms. The Hall–Kier alpha value is -1.21. The molecule has 16 heteroatoms. The van der Waals surface area contributed by atoms with Crippen LogP contribution in [0.15, 0.2) is 21.9 Å². The van der Waals surface area contributed by atoms with Crippen molar-refractivity contribution < 1.29 is 38.2 Å². The molecule has 0 unspecified atom stereocenters. The molecule has 0 aromatic carbocycles. The summed E-state index contributed by atoms with van der Waals surface area (Å²) in [6.45, 7) is 0. The smallest absolute Gasteiger partial charge is 0.386 e. The summed E-state index contributed by atoms with van der Waals surface area (Å²) in [5, 5.41) is 17.9. The van der Waals surface area contributed by atoms with E-state index in [2.05, 4.69) is 4.52 Å². The molecule has 0 radical (unpaired) electrons. The van der Waals surface area contributed by atoms with Crippen LogP contribution < -0.4 is 11.2 Å². The fraction of sp³-hybridized carbons (Fsp3) is 0.556. The van der Waals surface area contributed by atoms with E-state index in [0.717, 1.165) is 35.8 Å². The third-order valence-electron chi connectivity index (χ3n) is 4.05. The molecule has 136 valence electrons. The van der Waals surface area contributed by atoms with Crippen molar-refractivity contribution in [3.63, 3.8) is 0 Å². The number of alkyl halides is 1. The SMILES string of the molecule is BC(B)(OP(=O)(O)O)[C@@]1(F)O[C@@](B)(n2ccc(=O)[nH]c2=O)[C@H](O)[C@@H]1O. The number of nitrogens with zero attached hydrogens (tertiary/aromatic N) is 1. The van der Waals surface area contributed by atoms with Crippen molar-refractivity contribution in [2.75, 3.05) is 0 Å². The minimum absolute atomic E-state index is 0.636. The Balaban J connectivity index is 2.55. The molecule has 1 fully saturated rings. The molecule has 1 aromatic heterocycles. The maximum absolute atomic E-state index is 15.4. The Morgan fingerprint density at radius 3 is 2.40 bits per heavy atom. The van der Waals surface area contributed by atoms with E-state index >= 15 is 4.39 Å². The first-order valence-electron chi connectivity index (χ1n) is 6.98. The molecule has 0 spiro atoms. The van der Waals surface area contributed by atoms with Crippen molar-refractivity contribution >= 4 is 31.4 Å². The van der Waals surface area contributed by atoms with E-state index in [-0.39, 0.29) is 0 Å². The van der Waals surface area contributed by atoms with Crippen LogP contribution in [0.1, 0.15) is 0 Å². The van der Waals surface area contributed by atoms with Gasteiger partial charge in [-0.15, -0.1) is 0 Å².